The molecule has 0 unspecified atom stereocenters. The van der Waals surface area contributed by atoms with Crippen LogP contribution in [0.1, 0.15) is 17.0 Å². The lowest BCUT2D eigenvalue weighted by Gasteiger charge is -2.05. The van der Waals surface area contributed by atoms with E-state index in [2.05, 4.69) is 0 Å². The Balaban J connectivity index is 1.93. The summed E-state index contributed by atoms with van der Waals surface area (Å²) in [5.41, 5.74) is 2.09. The van der Waals surface area contributed by atoms with Gasteiger partial charge in [0.15, 0.2) is 9.84 Å². The maximum absolute atomic E-state index is 12.8. The molecule has 5 heteroatoms. The van der Waals surface area contributed by atoms with Gasteiger partial charge in [-0.1, -0.05) is 41.4 Å². The molecule has 0 bridgehead atoms. The van der Waals surface area contributed by atoms with Crippen LogP contribution in [-0.2, 0) is 9.84 Å². The van der Waals surface area contributed by atoms with Gasteiger partial charge in [-0.25, -0.2) is 8.42 Å². The van der Waals surface area contributed by atoms with Crippen molar-refractivity contribution in [2.45, 2.75) is 23.0 Å². The minimum absolute atomic E-state index is 0.129. The van der Waals surface area contributed by atoms with Crippen molar-refractivity contribution in [2.75, 3.05) is 6.61 Å². The number of sulfone groups is 1. The molecule has 1 saturated carbocycles. The lowest BCUT2D eigenvalue weighted by Crippen LogP contribution is -2.11. The first-order valence-corrected chi connectivity index (χ1v) is 9.04. The van der Waals surface area contributed by atoms with Gasteiger partial charge < -0.3 is 5.11 Å². The van der Waals surface area contributed by atoms with Crippen LogP contribution in [0.2, 0.25) is 5.02 Å². The molecule has 116 valence electrons. The van der Waals surface area contributed by atoms with Gasteiger partial charge in [0.05, 0.1) is 10.1 Å². The fraction of sp³-hybridized carbons (Fsp3) is 0.294. The van der Waals surface area contributed by atoms with E-state index in [9.17, 15) is 13.5 Å². The van der Waals surface area contributed by atoms with Crippen LogP contribution in [0, 0.1) is 12.8 Å². The van der Waals surface area contributed by atoms with E-state index in [0.29, 0.717) is 5.02 Å². The van der Waals surface area contributed by atoms with Crippen LogP contribution in [0.25, 0.3) is 0 Å². The molecule has 3 atom stereocenters. The number of hydrogen-bond donors (Lipinski definition) is 1. The van der Waals surface area contributed by atoms with Crippen LogP contribution in [-0.4, -0.2) is 25.4 Å². The molecule has 1 fully saturated rings. The molecule has 0 spiro atoms. The number of halogens is 1. The Labute approximate surface area is 135 Å². The summed E-state index contributed by atoms with van der Waals surface area (Å²) in [7, 11) is -3.47. The molecule has 0 aliphatic heterocycles. The summed E-state index contributed by atoms with van der Waals surface area (Å²) in [5, 5.41) is 9.47. The zero-order valence-corrected chi connectivity index (χ0v) is 13.7. The highest BCUT2D eigenvalue weighted by Gasteiger charge is 2.58. The second kappa shape index (κ2) is 5.69. The quantitative estimate of drug-likeness (QED) is 0.932. The second-order valence-corrected chi connectivity index (χ2v) is 8.29. The lowest BCUT2D eigenvalue weighted by atomic mass is 10.1. The number of aliphatic hydroxyl groups is 1. The normalized spacial score (nSPS) is 24.2. The first kappa shape index (κ1) is 15.5. The Morgan fingerprint density at radius 1 is 1.05 bits per heavy atom. The summed E-state index contributed by atoms with van der Waals surface area (Å²) in [6, 6.07) is 14.0. The minimum Gasteiger partial charge on any atom is -0.396 e. The highest BCUT2D eigenvalue weighted by molar-refractivity contribution is 7.92. The average Bonchev–Trinajstić information content (AvgIpc) is 3.24. The maximum atomic E-state index is 12.8. The van der Waals surface area contributed by atoms with Crippen molar-refractivity contribution in [3.05, 3.63) is 64.7 Å². The van der Waals surface area contributed by atoms with Crippen molar-refractivity contribution in [1.29, 1.82) is 0 Å². The molecule has 2 aromatic rings. The predicted molar refractivity (Wildman–Crippen MR) is 86.9 cm³/mol. The van der Waals surface area contributed by atoms with Gasteiger partial charge in [0.2, 0.25) is 0 Å². The van der Waals surface area contributed by atoms with E-state index in [1.54, 1.807) is 12.1 Å². The molecule has 0 saturated heterocycles. The third kappa shape index (κ3) is 2.67. The smallest absolute Gasteiger partial charge is 0.182 e. The average molecular weight is 337 g/mol. The van der Waals surface area contributed by atoms with Gasteiger partial charge in [-0.2, -0.15) is 0 Å². The third-order valence-corrected chi connectivity index (χ3v) is 6.81. The van der Waals surface area contributed by atoms with E-state index in [-0.39, 0.29) is 23.3 Å². The van der Waals surface area contributed by atoms with Crippen molar-refractivity contribution >= 4 is 21.4 Å². The molecule has 1 N–H and O–H groups in total. The van der Waals surface area contributed by atoms with Gasteiger partial charge in [0.25, 0.3) is 0 Å². The van der Waals surface area contributed by atoms with E-state index < -0.39 is 15.1 Å². The topological polar surface area (TPSA) is 54.4 Å². The fourth-order valence-electron chi connectivity index (χ4n) is 2.99. The number of aliphatic hydroxyl groups excluding tert-OH is 1. The zero-order valence-electron chi connectivity index (χ0n) is 12.1. The third-order valence-electron chi connectivity index (χ3n) is 4.27. The molecule has 1 aliphatic rings. The van der Waals surface area contributed by atoms with E-state index in [0.717, 1.165) is 11.1 Å². The van der Waals surface area contributed by atoms with Gasteiger partial charge in [0.1, 0.15) is 0 Å². The molecular weight excluding hydrogens is 320 g/mol. The zero-order chi connectivity index (χ0) is 15.9. The summed E-state index contributed by atoms with van der Waals surface area (Å²) in [5.74, 6) is -0.394. The second-order valence-electron chi connectivity index (χ2n) is 5.75. The van der Waals surface area contributed by atoms with Crippen LogP contribution < -0.4 is 0 Å². The molecule has 0 heterocycles. The van der Waals surface area contributed by atoms with Crippen molar-refractivity contribution in [1.82, 2.24) is 0 Å². The van der Waals surface area contributed by atoms with Crippen LogP contribution in [0.15, 0.2) is 53.4 Å². The van der Waals surface area contributed by atoms with Crippen molar-refractivity contribution < 1.29 is 13.5 Å². The van der Waals surface area contributed by atoms with E-state index in [1.807, 2.05) is 31.2 Å². The highest BCUT2D eigenvalue weighted by Crippen LogP contribution is 2.53. The fourth-order valence-corrected chi connectivity index (χ4v) is 5.32. The Morgan fingerprint density at radius 2 is 1.64 bits per heavy atom. The monoisotopic (exact) mass is 336 g/mol. The summed E-state index contributed by atoms with van der Waals surface area (Å²) in [6.45, 7) is 1.86. The van der Waals surface area contributed by atoms with Crippen molar-refractivity contribution in [2.24, 2.45) is 5.92 Å². The Morgan fingerprint density at radius 3 is 2.18 bits per heavy atom. The van der Waals surface area contributed by atoms with Gasteiger partial charge in [-0.15, -0.1) is 0 Å². The Hall–Kier alpha value is -1.36. The number of hydrogen-bond acceptors (Lipinski definition) is 3. The molecular formula is C17H17ClO3S. The molecule has 2 aromatic carbocycles. The highest BCUT2D eigenvalue weighted by atomic mass is 35.5. The van der Waals surface area contributed by atoms with Gasteiger partial charge in [0, 0.05) is 23.5 Å². The number of rotatable bonds is 4. The molecule has 0 aromatic heterocycles. The van der Waals surface area contributed by atoms with Crippen LogP contribution in [0.3, 0.4) is 0 Å². The maximum Gasteiger partial charge on any atom is 0.182 e. The van der Waals surface area contributed by atoms with Gasteiger partial charge in [-0.05, 0) is 36.8 Å². The standard InChI is InChI=1S/C17H17ClO3S/c1-11-2-4-12(5-3-11)16-15(10-19)17(16)22(20,21)14-8-6-13(18)7-9-14/h2-9,15-17,19H,10H2,1H3/t15-,16+,17+/m0/s1. The largest absolute Gasteiger partial charge is 0.396 e. The van der Waals surface area contributed by atoms with E-state index in [4.69, 9.17) is 11.6 Å². The summed E-state index contributed by atoms with van der Waals surface area (Å²) < 4.78 is 25.5. The first-order chi connectivity index (χ1) is 10.4. The lowest BCUT2D eigenvalue weighted by molar-refractivity contribution is 0.274. The molecule has 3 rings (SSSR count). The molecule has 3 nitrogen and oxygen atoms in total. The van der Waals surface area contributed by atoms with E-state index >= 15 is 0 Å². The number of aryl methyl sites for hydroxylation is 1. The molecule has 22 heavy (non-hydrogen) atoms. The molecule has 1 aliphatic carbocycles. The minimum atomic E-state index is -3.47. The van der Waals surface area contributed by atoms with Gasteiger partial charge >= 0.3 is 0 Å². The van der Waals surface area contributed by atoms with Crippen LogP contribution in [0.5, 0.6) is 0 Å². The van der Waals surface area contributed by atoms with Crippen molar-refractivity contribution in [3.63, 3.8) is 0 Å². The Bertz CT molecular complexity index is 767. The molecule has 0 amide bonds. The van der Waals surface area contributed by atoms with Crippen LogP contribution >= 0.6 is 11.6 Å². The SMILES string of the molecule is Cc1ccc([C@@H]2[C@H](CO)[C@H]2S(=O)(=O)c2ccc(Cl)cc2)cc1. The first-order valence-electron chi connectivity index (χ1n) is 7.12. The summed E-state index contributed by atoms with van der Waals surface area (Å²) in [4.78, 5) is 0.259. The number of benzene rings is 2. The van der Waals surface area contributed by atoms with Gasteiger partial charge in [-0.3, -0.25) is 0 Å². The van der Waals surface area contributed by atoms with Crippen LogP contribution in [0.4, 0.5) is 0 Å². The van der Waals surface area contributed by atoms with E-state index in [1.165, 1.54) is 12.1 Å². The summed E-state index contributed by atoms with van der Waals surface area (Å²) in [6.07, 6.45) is 0. The van der Waals surface area contributed by atoms with Crippen molar-refractivity contribution in [3.8, 4) is 0 Å². The Kier molecular flexibility index (Phi) is 4.02. The summed E-state index contributed by atoms with van der Waals surface area (Å²) >= 11 is 5.82. The predicted octanol–water partition coefficient (Wildman–Crippen LogP) is 3.20. The molecule has 0 radical (unpaired) electrons.